The first-order valence-corrected chi connectivity index (χ1v) is 24.8. The molecule has 0 N–H and O–H groups in total. The van der Waals surface area contributed by atoms with Gasteiger partial charge in [0.05, 0.1) is 13.0 Å². The van der Waals surface area contributed by atoms with Gasteiger partial charge in [0.15, 0.2) is 6.10 Å². The number of carbonyl (C=O) groups excluding carboxylic acids is 2. The van der Waals surface area contributed by atoms with Gasteiger partial charge in [0.2, 0.25) is 0 Å². The van der Waals surface area contributed by atoms with Crippen molar-refractivity contribution in [2.75, 3.05) is 19.8 Å². The molecule has 0 bridgehead atoms. The Morgan fingerprint density at radius 3 is 1.17 bits per heavy atom. The largest absolute Gasteiger partial charge is 0.461 e. The minimum Gasteiger partial charge on any atom is -0.461 e. The summed E-state index contributed by atoms with van der Waals surface area (Å²) in [6.45, 7) is 7.63. The van der Waals surface area contributed by atoms with E-state index in [-0.39, 0.29) is 31.6 Å². The molecular weight excluding hydrogens is 717 g/mol. The highest BCUT2D eigenvalue weighted by atomic mass is 16.6. The number of unbranched alkanes of at least 4 members (excludes halogenated alkanes) is 25. The van der Waals surface area contributed by atoms with E-state index in [9.17, 15) is 9.59 Å². The van der Waals surface area contributed by atoms with Crippen LogP contribution >= 0.6 is 0 Å². The van der Waals surface area contributed by atoms with Crippen LogP contribution in [0, 0.1) is 0 Å². The topological polar surface area (TPSA) is 61.8 Å². The zero-order valence-electron chi connectivity index (χ0n) is 38.6. The van der Waals surface area contributed by atoms with Crippen molar-refractivity contribution in [2.45, 2.75) is 245 Å². The first kappa shape index (κ1) is 55.6. The van der Waals surface area contributed by atoms with Crippen LogP contribution in [0.3, 0.4) is 0 Å². The third-order valence-corrected chi connectivity index (χ3v) is 10.6. The van der Waals surface area contributed by atoms with Crippen LogP contribution in [0.5, 0.6) is 0 Å². The molecule has 0 radical (unpaired) electrons. The Morgan fingerprint density at radius 1 is 0.397 bits per heavy atom. The average Bonchev–Trinajstić information content (AvgIpc) is 3.22. The van der Waals surface area contributed by atoms with Gasteiger partial charge in [-0.1, -0.05) is 242 Å². The van der Waals surface area contributed by atoms with Crippen LogP contribution in [0.1, 0.15) is 239 Å². The molecule has 0 aromatic carbocycles. The molecule has 0 aliphatic heterocycles. The summed E-state index contributed by atoms with van der Waals surface area (Å²) in [6.07, 6.45) is 61.0. The van der Waals surface area contributed by atoms with Gasteiger partial charge in [0.1, 0.15) is 6.61 Å². The second kappa shape index (κ2) is 49.0. The maximum absolute atomic E-state index is 12.8. The van der Waals surface area contributed by atoms with Crippen molar-refractivity contribution in [3.8, 4) is 0 Å². The molecule has 5 nitrogen and oxygen atoms in total. The molecule has 0 aromatic rings. The summed E-state index contributed by atoms with van der Waals surface area (Å²) in [5, 5.41) is 0. The number of hydrogen-bond donors (Lipinski definition) is 0. The number of esters is 2. The molecule has 0 saturated carbocycles. The van der Waals surface area contributed by atoms with Gasteiger partial charge in [0.25, 0.3) is 0 Å². The molecule has 1 atom stereocenters. The maximum atomic E-state index is 12.8. The molecule has 0 aliphatic carbocycles. The van der Waals surface area contributed by atoms with Crippen LogP contribution in [0.15, 0.2) is 60.8 Å². The fraction of sp³-hybridized carbons (Fsp3) is 0.774. The van der Waals surface area contributed by atoms with E-state index in [4.69, 9.17) is 14.2 Å². The van der Waals surface area contributed by atoms with E-state index < -0.39 is 6.10 Å². The zero-order valence-corrected chi connectivity index (χ0v) is 38.6. The monoisotopic (exact) mass is 811 g/mol. The molecule has 0 rings (SSSR count). The Bertz CT molecular complexity index is 1010. The first-order valence-electron chi connectivity index (χ1n) is 24.8. The number of carbonyl (C=O) groups is 2. The van der Waals surface area contributed by atoms with E-state index in [0.29, 0.717) is 13.0 Å². The van der Waals surface area contributed by atoms with Gasteiger partial charge < -0.3 is 14.2 Å². The quantitative estimate of drug-likeness (QED) is 0.0348. The predicted molar refractivity (Wildman–Crippen MR) is 251 cm³/mol. The molecule has 0 aliphatic rings. The maximum Gasteiger partial charge on any atom is 0.309 e. The molecule has 58 heavy (non-hydrogen) atoms. The summed E-state index contributed by atoms with van der Waals surface area (Å²) in [6, 6.07) is 0. The summed E-state index contributed by atoms with van der Waals surface area (Å²) in [5.41, 5.74) is 0. The lowest BCUT2D eigenvalue weighted by molar-refractivity contribution is -0.162. The number of allylic oxidation sites excluding steroid dienone is 9. The summed E-state index contributed by atoms with van der Waals surface area (Å²) in [5.74, 6) is -0.534. The Balaban J connectivity index is 4.35. The van der Waals surface area contributed by atoms with Crippen LogP contribution in [0.2, 0.25) is 0 Å². The van der Waals surface area contributed by atoms with Gasteiger partial charge in [-0.2, -0.15) is 0 Å². The minimum atomic E-state index is -0.571. The zero-order chi connectivity index (χ0) is 42.1. The van der Waals surface area contributed by atoms with Gasteiger partial charge in [-0.05, 0) is 44.9 Å². The van der Waals surface area contributed by atoms with Crippen LogP contribution in [0.25, 0.3) is 0 Å². The van der Waals surface area contributed by atoms with Crippen molar-refractivity contribution in [3.63, 3.8) is 0 Å². The van der Waals surface area contributed by atoms with E-state index in [1.165, 1.54) is 148 Å². The molecule has 1 unspecified atom stereocenters. The molecule has 0 saturated heterocycles. The van der Waals surface area contributed by atoms with E-state index in [1.54, 1.807) is 0 Å². The summed E-state index contributed by atoms with van der Waals surface area (Å²) < 4.78 is 17.3. The molecule has 0 aromatic heterocycles. The number of rotatable bonds is 45. The van der Waals surface area contributed by atoms with Crippen molar-refractivity contribution in [1.82, 2.24) is 0 Å². The van der Waals surface area contributed by atoms with Gasteiger partial charge in [0, 0.05) is 13.0 Å². The van der Waals surface area contributed by atoms with Crippen LogP contribution in [0.4, 0.5) is 0 Å². The smallest absolute Gasteiger partial charge is 0.309 e. The second-order valence-corrected chi connectivity index (χ2v) is 16.4. The second-order valence-electron chi connectivity index (χ2n) is 16.4. The standard InChI is InChI=1S/C53H94O5/c1-4-7-10-13-16-19-22-25-27-29-31-34-37-40-43-46-52(54)57-50-51(49-56-48-45-42-39-36-33-24-21-18-15-12-9-6-3)58-53(55)47-44-41-38-35-32-30-28-26-23-20-17-14-11-8-5-2/h7,10,16,19,25,27,31,34,40,43,51H,4-6,8-9,11-15,17-18,20-24,26,28-30,32-33,35-39,41-42,44-50H2,1-3H3/b10-7-,19-16-,27-25-,34-31-,43-40-. The van der Waals surface area contributed by atoms with Gasteiger partial charge >= 0.3 is 11.9 Å². The highest BCUT2D eigenvalue weighted by molar-refractivity contribution is 5.71. The Morgan fingerprint density at radius 2 is 0.759 bits per heavy atom. The van der Waals surface area contributed by atoms with E-state index >= 15 is 0 Å². The number of hydrogen-bond acceptors (Lipinski definition) is 5. The van der Waals surface area contributed by atoms with Crippen molar-refractivity contribution in [1.29, 1.82) is 0 Å². The lowest BCUT2D eigenvalue weighted by Crippen LogP contribution is -2.30. The molecule has 5 heteroatoms. The molecule has 336 valence electrons. The van der Waals surface area contributed by atoms with Crippen molar-refractivity contribution in [2.24, 2.45) is 0 Å². The fourth-order valence-corrected chi connectivity index (χ4v) is 6.94. The predicted octanol–water partition coefficient (Wildman–Crippen LogP) is 16.6. The molecule has 0 amide bonds. The van der Waals surface area contributed by atoms with Gasteiger partial charge in [-0.25, -0.2) is 0 Å². The van der Waals surface area contributed by atoms with Crippen molar-refractivity contribution < 1.29 is 23.8 Å². The minimum absolute atomic E-state index is 0.0343. The van der Waals surface area contributed by atoms with Crippen LogP contribution in [-0.4, -0.2) is 37.9 Å². The van der Waals surface area contributed by atoms with E-state index in [2.05, 4.69) is 69.4 Å². The van der Waals surface area contributed by atoms with Crippen LogP contribution in [-0.2, 0) is 23.8 Å². The summed E-state index contributed by atoms with van der Waals surface area (Å²) in [7, 11) is 0. The molecule has 0 spiro atoms. The fourth-order valence-electron chi connectivity index (χ4n) is 6.94. The Kier molecular flexibility index (Phi) is 46.9. The molecule has 0 fully saturated rings. The normalized spacial score (nSPS) is 12.7. The Labute approximate surface area is 360 Å². The molecular formula is C53H94O5. The van der Waals surface area contributed by atoms with E-state index in [1.807, 2.05) is 12.2 Å². The Hall–Kier alpha value is -2.40. The number of ether oxygens (including phenoxy) is 3. The lowest BCUT2D eigenvalue weighted by atomic mass is 10.0. The van der Waals surface area contributed by atoms with Gasteiger partial charge in [-0.3, -0.25) is 9.59 Å². The SMILES string of the molecule is CC/C=C\C/C=C\C/C=C\C/C=C\C/C=C\CC(=O)OCC(COCCCCCCCCCCCCCC)OC(=O)CCCCCCCCCCCCCCCCC. The van der Waals surface area contributed by atoms with Crippen molar-refractivity contribution >= 4 is 11.9 Å². The third kappa shape index (κ3) is 46.3. The first-order chi connectivity index (χ1) is 28.6. The average molecular weight is 811 g/mol. The molecule has 0 heterocycles. The lowest BCUT2D eigenvalue weighted by Gasteiger charge is -2.18. The van der Waals surface area contributed by atoms with Crippen molar-refractivity contribution in [3.05, 3.63) is 60.8 Å². The summed E-state index contributed by atoms with van der Waals surface area (Å²) >= 11 is 0. The third-order valence-electron chi connectivity index (χ3n) is 10.6. The van der Waals surface area contributed by atoms with E-state index in [0.717, 1.165) is 57.8 Å². The highest BCUT2D eigenvalue weighted by Crippen LogP contribution is 2.15. The van der Waals surface area contributed by atoms with Crippen LogP contribution < -0.4 is 0 Å². The van der Waals surface area contributed by atoms with Gasteiger partial charge in [-0.15, -0.1) is 0 Å². The highest BCUT2D eigenvalue weighted by Gasteiger charge is 2.17. The summed E-state index contributed by atoms with van der Waals surface area (Å²) in [4.78, 5) is 25.3.